The van der Waals surface area contributed by atoms with E-state index in [4.69, 9.17) is 9.47 Å². The predicted molar refractivity (Wildman–Crippen MR) is 89.4 cm³/mol. The fraction of sp³-hybridized carbons (Fsp3) is 0.333. The number of nitrogens with zero attached hydrogens (tertiary/aromatic N) is 4. The van der Waals surface area contributed by atoms with Crippen molar-refractivity contribution in [3.8, 4) is 11.5 Å². The van der Waals surface area contributed by atoms with Crippen LogP contribution in [0.25, 0.3) is 0 Å². The molecule has 0 aliphatic carbocycles. The maximum atomic E-state index is 11.4. The number of benzene rings is 1. The van der Waals surface area contributed by atoms with Crippen LogP contribution in [0, 0.1) is 0 Å². The molecule has 2 aromatic rings. The first-order valence-electron chi connectivity index (χ1n) is 7.25. The molecule has 8 nitrogen and oxygen atoms in total. The van der Waals surface area contributed by atoms with Crippen LogP contribution in [0.1, 0.15) is 24.9 Å². The predicted octanol–water partition coefficient (Wildman–Crippen LogP) is 2.60. The van der Waals surface area contributed by atoms with Gasteiger partial charge in [-0.3, -0.25) is 0 Å². The van der Waals surface area contributed by atoms with E-state index in [9.17, 15) is 9.90 Å². The molecule has 1 unspecified atom stereocenters. The summed E-state index contributed by atoms with van der Waals surface area (Å²) in [5.74, 6) is 0.367. The van der Waals surface area contributed by atoms with Gasteiger partial charge in [-0.2, -0.15) is 10.1 Å². The fourth-order valence-electron chi connectivity index (χ4n) is 2.59. The topological polar surface area (TPSA) is 98.8 Å². The lowest BCUT2D eigenvalue weighted by atomic mass is 9.99. The Balaban J connectivity index is 2.08. The summed E-state index contributed by atoms with van der Waals surface area (Å²) in [6, 6.07) is 3.34. The van der Waals surface area contributed by atoms with Gasteiger partial charge in [0, 0.05) is 6.42 Å². The number of rotatable bonds is 5. The number of ether oxygens (including phenoxy) is 2. The van der Waals surface area contributed by atoms with E-state index in [1.54, 1.807) is 11.8 Å². The lowest BCUT2D eigenvalue weighted by molar-refractivity contribution is -0.129. The highest BCUT2D eigenvalue weighted by molar-refractivity contribution is 9.10. The van der Waals surface area contributed by atoms with Crippen molar-refractivity contribution in [2.24, 2.45) is 4.99 Å². The summed E-state index contributed by atoms with van der Waals surface area (Å²) in [5, 5.41) is 13.5. The highest BCUT2D eigenvalue weighted by atomic mass is 79.9. The minimum Gasteiger partial charge on any atom is -0.493 e. The van der Waals surface area contributed by atoms with E-state index in [1.165, 1.54) is 6.33 Å². The smallest absolute Gasteiger partial charge is 0.350 e. The molecule has 1 atom stereocenters. The van der Waals surface area contributed by atoms with Crippen molar-refractivity contribution in [1.82, 2.24) is 14.8 Å². The van der Waals surface area contributed by atoms with Gasteiger partial charge in [-0.1, -0.05) is 0 Å². The molecule has 0 saturated carbocycles. The number of aliphatic imine (C=N–C) groups is 1. The highest BCUT2D eigenvalue weighted by Crippen LogP contribution is 2.40. The van der Waals surface area contributed by atoms with Crippen molar-refractivity contribution in [3.05, 3.63) is 28.5 Å². The second-order valence-corrected chi connectivity index (χ2v) is 5.91. The number of fused-ring (bicyclic) bond motifs is 1. The first-order valence-corrected chi connectivity index (χ1v) is 8.05. The SMILES string of the molecule is CCOc1c(Br)cc(C2CC(C(=O)O)=Nc3ncnn32)cc1OC. The fourth-order valence-corrected chi connectivity index (χ4v) is 3.16. The summed E-state index contributed by atoms with van der Waals surface area (Å²) >= 11 is 3.48. The Labute approximate surface area is 146 Å². The van der Waals surface area contributed by atoms with Crippen molar-refractivity contribution in [1.29, 1.82) is 0 Å². The largest absolute Gasteiger partial charge is 0.493 e. The minimum atomic E-state index is -1.06. The maximum absolute atomic E-state index is 11.4. The number of hydrogen-bond donors (Lipinski definition) is 1. The molecule has 0 bridgehead atoms. The van der Waals surface area contributed by atoms with Gasteiger partial charge in [0.1, 0.15) is 12.0 Å². The van der Waals surface area contributed by atoms with Gasteiger partial charge in [0.05, 0.1) is 24.2 Å². The van der Waals surface area contributed by atoms with Crippen LogP contribution in [0.5, 0.6) is 11.5 Å². The molecular weight excluding hydrogens is 380 g/mol. The van der Waals surface area contributed by atoms with Gasteiger partial charge in [0.15, 0.2) is 11.5 Å². The number of aliphatic carboxylic acids is 1. The van der Waals surface area contributed by atoms with Gasteiger partial charge in [-0.15, -0.1) is 0 Å². The maximum Gasteiger partial charge on any atom is 0.350 e. The van der Waals surface area contributed by atoms with Crippen LogP contribution < -0.4 is 9.47 Å². The number of hydrogen-bond acceptors (Lipinski definition) is 6. The van der Waals surface area contributed by atoms with Crippen molar-refractivity contribution < 1.29 is 19.4 Å². The second-order valence-electron chi connectivity index (χ2n) is 5.06. The highest BCUT2D eigenvalue weighted by Gasteiger charge is 2.29. The molecule has 0 radical (unpaired) electrons. The van der Waals surface area contributed by atoms with Crippen LogP contribution in [0.3, 0.4) is 0 Å². The average Bonchev–Trinajstić information content (AvgIpc) is 3.04. The van der Waals surface area contributed by atoms with Gasteiger partial charge < -0.3 is 14.6 Å². The van der Waals surface area contributed by atoms with Crippen LogP contribution in [0.4, 0.5) is 5.95 Å². The van der Waals surface area contributed by atoms with Gasteiger partial charge >= 0.3 is 5.97 Å². The number of carbonyl (C=O) groups is 1. The van der Waals surface area contributed by atoms with E-state index in [1.807, 2.05) is 19.1 Å². The first-order chi connectivity index (χ1) is 11.5. The average molecular weight is 395 g/mol. The van der Waals surface area contributed by atoms with E-state index in [-0.39, 0.29) is 24.1 Å². The monoisotopic (exact) mass is 394 g/mol. The van der Waals surface area contributed by atoms with E-state index >= 15 is 0 Å². The third-order valence-corrected chi connectivity index (χ3v) is 4.23. The molecule has 1 aromatic heterocycles. The third kappa shape index (κ3) is 2.86. The molecule has 2 heterocycles. The number of aromatic nitrogens is 3. The molecule has 126 valence electrons. The lowest BCUT2D eigenvalue weighted by Gasteiger charge is -2.23. The number of carboxylic acids is 1. The molecule has 3 rings (SSSR count). The van der Waals surface area contributed by atoms with Crippen LogP contribution in [0.15, 0.2) is 27.9 Å². The van der Waals surface area contributed by atoms with Crippen LogP contribution in [-0.4, -0.2) is 45.3 Å². The molecule has 9 heteroatoms. The Morgan fingerprint density at radius 3 is 2.96 bits per heavy atom. The third-order valence-electron chi connectivity index (χ3n) is 3.64. The molecule has 1 aliphatic rings. The second kappa shape index (κ2) is 6.60. The number of methoxy groups -OCH3 is 1. The Bertz CT molecular complexity index is 818. The molecule has 1 aliphatic heterocycles. The lowest BCUT2D eigenvalue weighted by Crippen LogP contribution is -2.25. The van der Waals surface area contributed by atoms with Gasteiger partial charge in [0.2, 0.25) is 5.95 Å². The summed E-state index contributed by atoms with van der Waals surface area (Å²) in [6.45, 7) is 2.39. The summed E-state index contributed by atoms with van der Waals surface area (Å²) in [6.07, 6.45) is 1.56. The molecule has 0 spiro atoms. The zero-order valence-electron chi connectivity index (χ0n) is 13.1. The Hall–Kier alpha value is -2.42. The van der Waals surface area contributed by atoms with Crippen LogP contribution >= 0.6 is 15.9 Å². The summed E-state index contributed by atoms with van der Waals surface area (Å²) in [5.41, 5.74) is 0.868. The summed E-state index contributed by atoms with van der Waals surface area (Å²) < 4.78 is 13.3. The zero-order valence-corrected chi connectivity index (χ0v) is 14.6. The van der Waals surface area contributed by atoms with E-state index in [0.29, 0.717) is 18.1 Å². The molecule has 0 saturated heterocycles. The number of carboxylic acid groups (broad SMARTS) is 1. The summed E-state index contributed by atoms with van der Waals surface area (Å²) in [4.78, 5) is 19.4. The van der Waals surface area contributed by atoms with E-state index < -0.39 is 5.97 Å². The standard InChI is InChI=1S/C15H15BrN4O4/c1-3-24-13-9(16)4-8(5-12(13)23-2)11-6-10(14(21)22)19-15-17-7-18-20(11)15/h4-5,7,11H,3,6H2,1-2H3,(H,21,22). The molecular formula is C15H15BrN4O4. The molecule has 24 heavy (non-hydrogen) atoms. The van der Waals surface area contributed by atoms with Crippen molar-refractivity contribution in [3.63, 3.8) is 0 Å². The Kier molecular flexibility index (Phi) is 4.52. The Morgan fingerprint density at radius 2 is 2.29 bits per heavy atom. The van der Waals surface area contributed by atoms with Crippen LogP contribution in [-0.2, 0) is 4.79 Å². The van der Waals surface area contributed by atoms with Gasteiger partial charge in [-0.25, -0.2) is 14.5 Å². The first kappa shape index (κ1) is 16.4. The van der Waals surface area contributed by atoms with Gasteiger partial charge in [-0.05, 0) is 40.5 Å². The summed E-state index contributed by atoms with van der Waals surface area (Å²) in [7, 11) is 1.56. The Morgan fingerprint density at radius 1 is 1.50 bits per heavy atom. The van der Waals surface area contributed by atoms with Crippen molar-refractivity contribution in [2.45, 2.75) is 19.4 Å². The molecule has 1 N–H and O–H groups in total. The minimum absolute atomic E-state index is 0.0458. The number of halogens is 1. The van der Waals surface area contributed by atoms with Crippen molar-refractivity contribution in [2.75, 3.05) is 13.7 Å². The van der Waals surface area contributed by atoms with Crippen LogP contribution in [0.2, 0.25) is 0 Å². The van der Waals surface area contributed by atoms with Gasteiger partial charge in [0.25, 0.3) is 0 Å². The molecule has 0 amide bonds. The quantitative estimate of drug-likeness (QED) is 0.836. The van der Waals surface area contributed by atoms with E-state index in [0.717, 1.165) is 10.0 Å². The van der Waals surface area contributed by atoms with E-state index in [2.05, 4.69) is 31.0 Å². The molecule has 1 aromatic carbocycles. The zero-order chi connectivity index (χ0) is 17.3. The normalized spacial score (nSPS) is 16.3. The molecule has 0 fully saturated rings. The van der Waals surface area contributed by atoms with Crippen molar-refractivity contribution >= 4 is 33.6 Å².